The summed E-state index contributed by atoms with van der Waals surface area (Å²) in [6.07, 6.45) is 2.92. The van der Waals surface area contributed by atoms with Gasteiger partial charge in [-0.15, -0.1) is 11.3 Å². The lowest BCUT2D eigenvalue weighted by atomic mass is 9.95. The van der Waals surface area contributed by atoms with E-state index in [-0.39, 0.29) is 12.5 Å². The van der Waals surface area contributed by atoms with Crippen LogP contribution in [0.3, 0.4) is 0 Å². The van der Waals surface area contributed by atoms with Gasteiger partial charge < -0.3 is 16.2 Å². The number of hydrogen-bond acceptors (Lipinski definition) is 4. The molecule has 18 heavy (non-hydrogen) atoms. The highest BCUT2D eigenvalue weighted by molar-refractivity contribution is 7.10. The number of aliphatic hydroxyl groups excluding tert-OH is 1. The van der Waals surface area contributed by atoms with Crippen LogP contribution in [0.15, 0.2) is 5.38 Å². The second-order valence-electron chi connectivity index (χ2n) is 4.39. The van der Waals surface area contributed by atoms with Gasteiger partial charge in [0.2, 0.25) is 5.91 Å². The molecule has 2 rings (SSSR count). The highest BCUT2D eigenvalue weighted by Gasteiger charge is 2.21. The molecule has 1 heterocycles. The first kappa shape index (κ1) is 13.0. The number of nitrogens with one attached hydrogen (secondary N) is 1. The van der Waals surface area contributed by atoms with Gasteiger partial charge in [-0.3, -0.25) is 9.59 Å². The van der Waals surface area contributed by atoms with Gasteiger partial charge in [0.1, 0.15) is 6.10 Å². The van der Waals surface area contributed by atoms with Crippen molar-refractivity contribution in [3.63, 3.8) is 0 Å². The van der Waals surface area contributed by atoms with E-state index in [9.17, 15) is 14.7 Å². The van der Waals surface area contributed by atoms with Crippen LogP contribution < -0.4 is 11.1 Å². The molecule has 0 spiro atoms. The van der Waals surface area contributed by atoms with Crippen LogP contribution in [0.5, 0.6) is 0 Å². The van der Waals surface area contributed by atoms with Crippen molar-refractivity contribution in [1.82, 2.24) is 5.32 Å². The van der Waals surface area contributed by atoms with Crippen molar-refractivity contribution in [2.75, 3.05) is 6.54 Å². The fourth-order valence-corrected chi connectivity index (χ4v) is 3.20. The van der Waals surface area contributed by atoms with Gasteiger partial charge in [-0.05, 0) is 31.2 Å². The Labute approximate surface area is 109 Å². The predicted octanol–water partition coefficient (Wildman–Crippen LogP) is 0.203. The highest BCUT2D eigenvalue weighted by Crippen LogP contribution is 2.29. The van der Waals surface area contributed by atoms with E-state index in [0.717, 1.165) is 24.8 Å². The summed E-state index contributed by atoms with van der Waals surface area (Å²) in [6, 6.07) is 0. The zero-order chi connectivity index (χ0) is 13.1. The number of carbonyl (C=O) groups is 2. The van der Waals surface area contributed by atoms with E-state index in [1.54, 1.807) is 11.3 Å². The molecule has 1 atom stereocenters. The van der Waals surface area contributed by atoms with E-state index >= 15 is 0 Å². The molecule has 1 aromatic heterocycles. The standard InChI is InChI=1S/C12H16N2O3S/c13-11(16)9(15)5-14-12(17)8-6-18-10-4-2-1-3-7(8)10/h6,9,15H,1-5H2,(H2,13,16)(H,14,17). The van der Waals surface area contributed by atoms with E-state index in [1.807, 2.05) is 5.38 Å². The van der Waals surface area contributed by atoms with Gasteiger partial charge in [0.25, 0.3) is 5.91 Å². The van der Waals surface area contributed by atoms with E-state index in [4.69, 9.17) is 5.73 Å². The topological polar surface area (TPSA) is 92.4 Å². The van der Waals surface area contributed by atoms with Crippen LogP contribution in [0.2, 0.25) is 0 Å². The molecule has 0 radical (unpaired) electrons. The second kappa shape index (κ2) is 5.49. The van der Waals surface area contributed by atoms with Crippen molar-refractivity contribution in [2.45, 2.75) is 31.8 Å². The van der Waals surface area contributed by atoms with Crippen LogP contribution in [0.1, 0.15) is 33.6 Å². The highest BCUT2D eigenvalue weighted by atomic mass is 32.1. The number of hydrogen-bond donors (Lipinski definition) is 3. The zero-order valence-corrected chi connectivity index (χ0v) is 10.8. The van der Waals surface area contributed by atoms with Crippen LogP contribution in [0, 0.1) is 0 Å². The predicted molar refractivity (Wildman–Crippen MR) is 68.5 cm³/mol. The number of fused-ring (bicyclic) bond motifs is 1. The Kier molecular flexibility index (Phi) is 3.98. The molecule has 6 heteroatoms. The third-order valence-electron chi connectivity index (χ3n) is 3.09. The van der Waals surface area contributed by atoms with Crippen molar-refractivity contribution < 1.29 is 14.7 Å². The largest absolute Gasteiger partial charge is 0.381 e. The number of amides is 2. The first-order valence-corrected chi connectivity index (χ1v) is 6.82. The molecule has 0 fully saturated rings. The third-order valence-corrected chi connectivity index (χ3v) is 4.18. The molecule has 5 nitrogen and oxygen atoms in total. The molecular weight excluding hydrogens is 252 g/mol. The molecule has 0 saturated carbocycles. The van der Waals surface area contributed by atoms with E-state index in [1.165, 1.54) is 11.3 Å². The van der Waals surface area contributed by atoms with Crippen molar-refractivity contribution >= 4 is 23.2 Å². The summed E-state index contributed by atoms with van der Waals surface area (Å²) in [4.78, 5) is 23.9. The molecular formula is C12H16N2O3S. The summed E-state index contributed by atoms with van der Waals surface area (Å²) in [7, 11) is 0. The van der Waals surface area contributed by atoms with E-state index < -0.39 is 12.0 Å². The average Bonchev–Trinajstić information content (AvgIpc) is 2.79. The van der Waals surface area contributed by atoms with Crippen LogP contribution in [0.4, 0.5) is 0 Å². The molecule has 1 aliphatic rings. The number of thiophene rings is 1. The maximum absolute atomic E-state index is 11.9. The minimum atomic E-state index is -1.33. The van der Waals surface area contributed by atoms with Crippen molar-refractivity contribution in [3.05, 3.63) is 21.4 Å². The molecule has 1 aliphatic carbocycles. The van der Waals surface area contributed by atoms with Crippen molar-refractivity contribution in [3.8, 4) is 0 Å². The fraction of sp³-hybridized carbons (Fsp3) is 0.500. The number of nitrogens with two attached hydrogens (primary N) is 1. The lowest BCUT2D eigenvalue weighted by molar-refractivity contribution is -0.125. The Hall–Kier alpha value is -1.40. The number of rotatable bonds is 4. The number of aryl methyl sites for hydroxylation is 1. The van der Waals surface area contributed by atoms with Gasteiger partial charge in [0, 0.05) is 10.3 Å². The van der Waals surface area contributed by atoms with Crippen LogP contribution >= 0.6 is 11.3 Å². The van der Waals surface area contributed by atoms with E-state index in [0.29, 0.717) is 5.56 Å². The minimum absolute atomic E-state index is 0.140. The molecule has 1 aromatic rings. The number of carbonyl (C=O) groups excluding carboxylic acids is 2. The molecule has 4 N–H and O–H groups in total. The van der Waals surface area contributed by atoms with Gasteiger partial charge in [-0.25, -0.2) is 0 Å². The summed E-state index contributed by atoms with van der Waals surface area (Å²) < 4.78 is 0. The maximum atomic E-state index is 11.9. The van der Waals surface area contributed by atoms with Crippen LogP contribution in [0.25, 0.3) is 0 Å². The van der Waals surface area contributed by atoms with Crippen LogP contribution in [-0.2, 0) is 17.6 Å². The minimum Gasteiger partial charge on any atom is -0.381 e. The Bertz CT molecular complexity index is 470. The Balaban J connectivity index is 2.01. The smallest absolute Gasteiger partial charge is 0.252 e. The lowest BCUT2D eigenvalue weighted by Gasteiger charge is -2.13. The average molecular weight is 268 g/mol. The Morgan fingerprint density at radius 3 is 2.89 bits per heavy atom. The first-order chi connectivity index (χ1) is 8.59. The summed E-state index contributed by atoms with van der Waals surface area (Å²) >= 11 is 1.61. The first-order valence-electron chi connectivity index (χ1n) is 5.94. The van der Waals surface area contributed by atoms with Crippen LogP contribution in [-0.4, -0.2) is 29.6 Å². The van der Waals surface area contributed by atoms with Gasteiger partial charge in [0.05, 0.1) is 12.1 Å². The number of aliphatic hydroxyl groups is 1. The number of primary amides is 1. The van der Waals surface area contributed by atoms with E-state index in [2.05, 4.69) is 5.32 Å². The Morgan fingerprint density at radius 2 is 2.17 bits per heavy atom. The fourth-order valence-electron chi connectivity index (χ4n) is 2.07. The molecule has 1 unspecified atom stereocenters. The maximum Gasteiger partial charge on any atom is 0.252 e. The summed E-state index contributed by atoms with van der Waals surface area (Å²) in [5.74, 6) is -1.07. The van der Waals surface area contributed by atoms with Gasteiger partial charge in [-0.1, -0.05) is 0 Å². The van der Waals surface area contributed by atoms with Gasteiger partial charge >= 0.3 is 0 Å². The molecule has 0 saturated heterocycles. The second-order valence-corrected chi connectivity index (χ2v) is 5.35. The van der Waals surface area contributed by atoms with Crippen molar-refractivity contribution in [2.24, 2.45) is 5.73 Å². The molecule has 0 aliphatic heterocycles. The summed E-state index contributed by atoms with van der Waals surface area (Å²) in [6.45, 7) is -0.140. The van der Waals surface area contributed by atoms with Gasteiger partial charge in [0.15, 0.2) is 0 Å². The molecule has 0 aromatic carbocycles. The van der Waals surface area contributed by atoms with Gasteiger partial charge in [-0.2, -0.15) is 0 Å². The SMILES string of the molecule is NC(=O)C(O)CNC(=O)c1csc2c1CCCC2. The third kappa shape index (κ3) is 2.70. The normalized spacial score (nSPS) is 15.8. The summed E-state index contributed by atoms with van der Waals surface area (Å²) in [5, 5.41) is 13.6. The Morgan fingerprint density at radius 1 is 1.44 bits per heavy atom. The zero-order valence-electron chi connectivity index (χ0n) is 9.94. The molecule has 2 amide bonds. The molecule has 98 valence electrons. The lowest BCUT2D eigenvalue weighted by Crippen LogP contribution is -2.40. The quantitative estimate of drug-likeness (QED) is 0.728. The van der Waals surface area contributed by atoms with Crippen molar-refractivity contribution in [1.29, 1.82) is 0 Å². The summed E-state index contributed by atoms with van der Waals surface area (Å²) in [5.41, 5.74) is 6.71. The monoisotopic (exact) mass is 268 g/mol. The molecule has 0 bridgehead atoms.